The fraction of sp³-hybridized carbons (Fsp3) is 0.188. The third-order valence-corrected chi connectivity index (χ3v) is 3.44. The van der Waals surface area contributed by atoms with E-state index in [2.05, 4.69) is 5.10 Å². The van der Waals surface area contributed by atoms with Gasteiger partial charge in [-0.2, -0.15) is 18.3 Å². The van der Waals surface area contributed by atoms with E-state index in [-0.39, 0.29) is 0 Å². The molecule has 2 heterocycles. The number of rotatable bonds is 1. The summed E-state index contributed by atoms with van der Waals surface area (Å²) in [6.07, 6.45) is -3.01. The first-order chi connectivity index (χ1) is 9.86. The lowest BCUT2D eigenvalue weighted by molar-refractivity contribution is -0.137. The SMILES string of the molecule is Cc1cccc(-c2c(C)nn3ccc(C(F)(F)F)cc23)c1. The maximum atomic E-state index is 12.9. The highest BCUT2D eigenvalue weighted by molar-refractivity contribution is 5.83. The van der Waals surface area contributed by atoms with Gasteiger partial charge in [0.2, 0.25) is 0 Å². The number of aryl methyl sites for hydroxylation is 2. The third-order valence-electron chi connectivity index (χ3n) is 3.44. The van der Waals surface area contributed by atoms with E-state index in [1.165, 1.54) is 10.7 Å². The van der Waals surface area contributed by atoms with Crippen LogP contribution in [0.3, 0.4) is 0 Å². The van der Waals surface area contributed by atoms with Gasteiger partial charge in [-0.25, -0.2) is 4.52 Å². The standard InChI is InChI=1S/C16H13F3N2/c1-10-4-3-5-12(8-10)15-11(2)20-21-7-6-13(9-14(15)21)16(17,18)19/h3-9H,1-2H3. The first-order valence-electron chi connectivity index (χ1n) is 6.49. The van der Waals surface area contributed by atoms with Crippen LogP contribution in [0.2, 0.25) is 0 Å². The van der Waals surface area contributed by atoms with Crippen LogP contribution in [0, 0.1) is 13.8 Å². The average Bonchev–Trinajstić information content (AvgIpc) is 2.72. The number of hydrogen-bond donors (Lipinski definition) is 0. The number of halogens is 3. The second-order valence-corrected chi connectivity index (χ2v) is 5.07. The zero-order valence-electron chi connectivity index (χ0n) is 11.6. The molecule has 0 saturated carbocycles. The monoisotopic (exact) mass is 290 g/mol. The average molecular weight is 290 g/mol. The van der Waals surface area contributed by atoms with Crippen molar-refractivity contribution in [1.29, 1.82) is 0 Å². The molecule has 0 aliphatic rings. The van der Waals surface area contributed by atoms with Gasteiger partial charge < -0.3 is 0 Å². The molecule has 3 rings (SSSR count). The molecule has 2 aromatic heterocycles. The maximum absolute atomic E-state index is 12.9. The van der Waals surface area contributed by atoms with E-state index in [1.54, 1.807) is 6.92 Å². The summed E-state index contributed by atoms with van der Waals surface area (Å²) >= 11 is 0. The minimum absolute atomic E-state index is 0.466. The Balaban J connectivity index is 2.29. The summed E-state index contributed by atoms with van der Waals surface area (Å²) in [4.78, 5) is 0. The van der Waals surface area contributed by atoms with E-state index >= 15 is 0 Å². The van der Waals surface area contributed by atoms with Gasteiger partial charge in [0, 0.05) is 11.8 Å². The fourth-order valence-corrected chi connectivity index (χ4v) is 2.50. The van der Waals surface area contributed by atoms with E-state index < -0.39 is 11.7 Å². The van der Waals surface area contributed by atoms with E-state index in [0.29, 0.717) is 11.2 Å². The zero-order chi connectivity index (χ0) is 15.2. The van der Waals surface area contributed by atoms with Crippen LogP contribution in [-0.2, 0) is 6.18 Å². The predicted molar refractivity (Wildman–Crippen MR) is 75.1 cm³/mol. The summed E-state index contributed by atoms with van der Waals surface area (Å²) < 4.78 is 40.2. The number of pyridine rings is 1. The number of fused-ring (bicyclic) bond motifs is 1. The molecule has 0 bridgehead atoms. The van der Waals surface area contributed by atoms with Crippen LogP contribution in [0.5, 0.6) is 0 Å². The second kappa shape index (κ2) is 4.62. The predicted octanol–water partition coefficient (Wildman–Crippen LogP) is 4.64. The third kappa shape index (κ3) is 2.39. The number of benzene rings is 1. The highest BCUT2D eigenvalue weighted by atomic mass is 19.4. The molecule has 0 radical (unpaired) electrons. The van der Waals surface area contributed by atoms with Crippen molar-refractivity contribution in [3.63, 3.8) is 0 Å². The molecule has 108 valence electrons. The first kappa shape index (κ1) is 13.7. The molecule has 0 atom stereocenters. The minimum atomic E-state index is -4.36. The Labute approximate surface area is 119 Å². The number of aromatic nitrogens is 2. The van der Waals surface area contributed by atoms with Crippen LogP contribution in [0.15, 0.2) is 42.6 Å². The van der Waals surface area contributed by atoms with Gasteiger partial charge in [-0.1, -0.05) is 29.8 Å². The van der Waals surface area contributed by atoms with Gasteiger partial charge in [0.1, 0.15) is 0 Å². The summed E-state index contributed by atoms with van der Waals surface area (Å²) in [5, 5.41) is 4.29. The van der Waals surface area contributed by atoms with Crippen molar-refractivity contribution >= 4 is 5.52 Å². The van der Waals surface area contributed by atoms with Crippen molar-refractivity contribution in [1.82, 2.24) is 9.61 Å². The molecule has 0 spiro atoms. The molecule has 0 saturated heterocycles. The minimum Gasteiger partial charge on any atom is -0.240 e. The Kier molecular flexibility index (Phi) is 3.01. The molecule has 0 N–H and O–H groups in total. The van der Waals surface area contributed by atoms with E-state index in [4.69, 9.17) is 0 Å². The summed E-state index contributed by atoms with van der Waals surface area (Å²) in [5.74, 6) is 0. The summed E-state index contributed by atoms with van der Waals surface area (Å²) in [6, 6.07) is 9.87. The molecule has 3 aromatic rings. The molecular formula is C16H13F3N2. The van der Waals surface area contributed by atoms with Gasteiger partial charge in [0.05, 0.1) is 16.8 Å². The quantitative estimate of drug-likeness (QED) is 0.638. The zero-order valence-corrected chi connectivity index (χ0v) is 11.6. The van der Waals surface area contributed by atoms with Gasteiger partial charge in [-0.3, -0.25) is 0 Å². The molecule has 1 aromatic carbocycles. The fourth-order valence-electron chi connectivity index (χ4n) is 2.50. The van der Waals surface area contributed by atoms with Crippen LogP contribution < -0.4 is 0 Å². The van der Waals surface area contributed by atoms with Crippen molar-refractivity contribution < 1.29 is 13.2 Å². The molecule has 0 aliphatic heterocycles. The molecule has 0 fully saturated rings. The van der Waals surface area contributed by atoms with Crippen molar-refractivity contribution in [2.24, 2.45) is 0 Å². The highest BCUT2D eigenvalue weighted by Gasteiger charge is 2.31. The van der Waals surface area contributed by atoms with Crippen molar-refractivity contribution in [3.8, 4) is 11.1 Å². The molecular weight excluding hydrogens is 277 g/mol. The normalized spacial score (nSPS) is 12.0. The smallest absolute Gasteiger partial charge is 0.240 e. The van der Waals surface area contributed by atoms with Gasteiger partial charge in [-0.05, 0) is 31.5 Å². The van der Waals surface area contributed by atoms with E-state index in [0.717, 1.165) is 28.8 Å². The van der Waals surface area contributed by atoms with Gasteiger partial charge >= 0.3 is 6.18 Å². The Morgan fingerprint density at radius 1 is 1.05 bits per heavy atom. The van der Waals surface area contributed by atoms with Crippen LogP contribution in [0.25, 0.3) is 16.6 Å². The summed E-state index contributed by atoms with van der Waals surface area (Å²) in [6.45, 7) is 3.75. The first-order valence-corrected chi connectivity index (χ1v) is 6.49. The molecule has 5 heteroatoms. The number of hydrogen-bond acceptors (Lipinski definition) is 1. The summed E-state index contributed by atoms with van der Waals surface area (Å²) in [7, 11) is 0. The highest BCUT2D eigenvalue weighted by Crippen LogP contribution is 2.34. The Morgan fingerprint density at radius 2 is 1.81 bits per heavy atom. The van der Waals surface area contributed by atoms with Crippen LogP contribution >= 0.6 is 0 Å². The number of alkyl halides is 3. The van der Waals surface area contributed by atoms with Crippen LogP contribution in [-0.4, -0.2) is 9.61 Å². The molecule has 21 heavy (non-hydrogen) atoms. The Morgan fingerprint density at radius 3 is 2.48 bits per heavy atom. The Hall–Kier alpha value is -2.30. The van der Waals surface area contributed by atoms with Crippen LogP contribution in [0.1, 0.15) is 16.8 Å². The Bertz CT molecular complexity index is 816. The van der Waals surface area contributed by atoms with E-state index in [1.807, 2.05) is 31.2 Å². The lowest BCUT2D eigenvalue weighted by Gasteiger charge is -2.07. The molecule has 0 unspecified atom stereocenters. The largest absolute Gasteiger partial charge is 0.416 e. The molecule has 2 nitrogen and oxygen atoms in total. The topological polar surface area (TPSA) is 17.3 Å². The summed E-state index contributed by atoms with van der Waals surface area (Å²) in [5.41, 5.74) is 3.18. The van der Waals surface area contributed by atoms with Crippen molar-refractivity contribution in [2.75, 3.05) is 0 Å². The van der Waals surface area contributed by atoms with E-state index in [9.17, 15) is 13.2 Å². The second-order valence-electron chi connectivity index (χ2n) is 5.07. The van der Waals surface area contributed by atoms with Gasteiger partial charge in [0.25, 0.3) is 0 Å². The number of nitrogens with zero attached hydrogens (tertiary/aromatic N) is 2. The maximum Gasteiger partial charge on any atom is 0.416 e. The van der Waals surface area contributed by atoms with Crippen LogP contribution in [0.4, 0.5) is 13.2 Å². The van der Waals surface area contributed by atoms with Gasteiger partial charge in [0.15, 0.2) is 0 Å². The van der Waals surface area contributed by atoms with Gasteiger partial charge in [-0.15, -0.1) is 0 Å². The lowest BCUT2D eigenvalue weighted by Crippen LogP contribution is -2.05. The van der Waals surface area contributed by atoms with Crippen molar-refractivity contribution in [2.45, 2.75) is 20.0 Å². The van der Waals surface area contributed by atoms with Crippen molar-refractivity contribution in [3.05, 3.63) is 59.4 Å². The lowest BCUT2D eigenvalue weighted by atomic mass is 10.0. The molecule has 0 aliphatic carbocycles. The molecule has 0 amide bonds.